The summed E-state index contributed by atoms with van der Waals surface area (Å²) in [6.07, 6.45) is 7.24. The van der Waals surface area contributed by atoms with Crippen molar-refractivity contribution in [3.05, 3.63) is 0 Å². The molecule has 2 heterocycles. The Balaban J connectivity index is 2.04. The van der Waals surface area contributed by atoms with Gasteiger partial charge < -0.3 is 10.4 Å². The Bertz CT molecular complexity index is 281. The van der Waals surface area contributed by atoms with E-state index in [2.05, 4.69) is 10.2 Å². The largest absolute Gasteiger partial charge is 0.393 e. The van der Waals surface area contributed by atoms with Crippen LogP contribution in [0.2, 0.25) is 0 Å². The fourth-order valence-electron chi connectivity index (χ4n) is 3.32. The van der Waals surface area contributed by atoms with E-state index in [1.165, 1.54) is 12.8 Å². The first-order chi connectivity index (χ1) is 8.68. The van der Waals surface area contributed by atoms with E-state index in [1.807, 2.05) is 6.92 Å². The number of rotatable bonds is 3. The van der Waals surface area contributed by atoms with Gasteiger partial charge in [0, 0.05) is 12.6 Å². The molecule has 1 amide bonds. The van der Waals surface area contributed by atoms with Gasteiger partial charge in [-0.15, -0.1) is 0 Å². The number of carbonyl (C=O) groups is 1. The molecule has 0 radical (unpaired) electrons. The number of piperidine rings is 1. The van der Waals surface area contributed by atoms with Gasteiger partial charge in [0.25, 0.3) is 0 Å². The number of aliphatic hydroxyl groups is 1. The van der Waals surface area contributed by atoms with Gasteiger partial charge in [-0.1, -0.05) is 6.42 Å². The van der Waals surface area contributed by atoms with Crippen molar-refractivity contribution in [1.29, 1.82) is 0 Å². The van der Waals surface area contributed by atoms with E-state index in [1.54, 1.807) is 0 Å². The van der Waals surface area contributed by atoms with Crippen molar-refractivity contribution < 1.29 is 9.90 Å². The average molecular weight is 254 g/mol. The van der Waals surface area contributed by atoms with Crippen LogP contribution in [0, 0.1) is 0 Å². The molecule has 2 fully saturated rings. The molecule has 0 aliphatic carbocycles. The molecule has 2 saturated heterocycles. The summed E-state index contributed by atoms with van der Waals surface area (Å²) in [7, 11) is 0. The van der Waals surface area contributed by atoms with Gasteiger partial charge in [-0.2, -0.15) is 0 Å². The zero-order chi connectivity index (χ0) is 13.0. The predicted octanol–water partition coefficient (Wildman–Crippen LogP) is 1.28. The van der Waals surface area contributed by atoms with Gasteiger partial charge >= 0.3 is 0 Å². The van der Waals surface area contributed by atoms with Gasteiger partial charge in [0.1, 0.15) is 0 Å². The average Bonchev–Trinajstić information content (AvgIpc) is 2.54. The van der Waals surface area contributed by atoms with E-state index < -0.39 is 0 Å². The Hall–Kier alpha value is -0.610. The number of nitrogens with one attached hydrogen (secondary N) is 1. The molecule has 18 heavy (non-hydrogen) atoms. The van der Waals surface area contributed by atoms with Gasteiger partial charge in [-0.3, -0.25) is 9.69 Å². The van der Waals surface area contributed by atoms with Crippen LogP contribution in [-0.4, -0.2) is 47.2 Å². The van der Waals surface area contributed by atoms with Gasteiger partial charge in [0.2, 0.25) is 5.91 Å². The van der Waals surface area contributed by atoms with Gasteiger partial charge in [-0.25, -0.2) is 0 Å². The molecular weight excluding hydrogens is 228 g/mol. The Kier molecular flexibility index (Phi) is 5.01. The molecule has 4 nitrogen and oxygen atoms in total. The second-order valence-electron chi connectivity index (χ2n) is 5.77. The van der Waals surface area contributed by atoms with Crippen molar-refractivity contribution in [3.8, 4) is 0 Å². The molecule has 2 rings (SSSR count). The van der Waals surface area contributed by atoms with Crippen LogP contribution in [0.4, 0.5) is 0 Å². The van der Waals surface area contributed by atoms with Crippen LogP contribution in [-0.2, 0) is 4.79 Å². The van der Waals surface area contributed by atoms with Crippen LogP contribution < -0.4 is 5.32 Å². The Labute approximate surface area is 110 Å². The summed E-state index contributed by atoms with van der Waals surface area (Å²) in [6, 6.07) is 0.421. The Morgan fingerprint density at radius 3 is 2.89 bits per heavy atom. The maximum atomic E-state index is 12.1. The van der Waals surface area contributed by atoms with Crippen molar-refractivity contribution in [2.45, 2.75) is 70.1 Å². The van der Waals surface area contributed by atoms with Gasteiger partial charge in [-0.05, 0) is 52.0 Å². The lowest BCUT2D eigenvalue weighted by Gasteiger charge is -2.40. The number of likely N-dealkylation sites (tertiary alicyclic amines) is 1. The van der Waals surface area contributed by atoms with E-state index in [4.69, 9.17) is 0 Å². The third kappa shape index (κ3) is 3.45. The van der Waals surface area contributed by atoms with Crippen molar-refractivity contribution in [3.63, 3.8) is 0 Å². The van der Waals surface area contributed by atoms with Crippen molar-refractivity contribution in [1.82, 2.24) is 10.2 Å². The standard InChI is InChI=1S/C14H26N2O2/c1-11(17)10-12-6-3-5-9-16(12)13-7-2-4-8-15-14(13)18/h11-13,17H,2-10H2,1H3,(H,15,18). The fraction of sp³-hybridized carbons (Fsp3) is 0.929. The molecule has 4 heteroatoms. The molecule has 0 saturated carbocycles. The molecule has 3 atom stereocenters. The quantitative estimate of drug-likeness (QED) is 0.798. The molecule has 3 unspecified atom stereocenters. The third-order valence-electron chi connectivity index (χ3n) is 4.19. The monoisotopic (exact) mass is 254 g/mol. The summed E-state index contributed by atoms with van der Waals surface area (Å²) < 4.78 is 0. The highest BCUT2D eigenvalue weighted by Gasteiger charge is 2.33. The van der Waals surface area contributed by atoms with Crippen LogP contribution in [0.1, 0.15) is 51.9 Å². The predicted molar refractivity (Wildman–Crippen MR) is 71.3 cm³/mol. The first kappa shape index (κ1) is 13.8. The molecule has 0 bridgehead atoms. The molecule has 0 aromatic rings. The highest BCUT2D eigenvalue weighted by Crippen LogP contribution is 2.26. The molecular formula is C14H26N2O2. The summed E-state index contributed by atoms with van der Waals surface area (Å²) in [5.41, 5.74) is 0. The fourth-order valence-corrected chi connectivity index (χ4v) is 3.32. The van der Waals surface area contributed by atoms with Crippen LogP contribution in [0.5, 0.6) is 0 Å². The topological polar surface area (TPSA) is 52.6 Å². The number of amides is 1. The van der Waals surface area contributed by atoms with Crippen LogP contribution >= 0.6 is 0 Å². The molecule has 0 spiro atoms. The molecule has 2 aliphatic heterocycles. The molecule has 104 valence electrons. The Morgan fingerprint density at radius 2 is 2.11 bits per heavy atom. The van der Waals surface area contributed by atoms with Crippen molar-refractivity contribution in [2.24, 2.45) is 0 Å². The first-order valence-corrected chi connectivity index (χ1v) is 7.40. The molecule has 0 aromatic carbocycles. The minimum absolute atomic E-state index is 0.0385. The summed E-state index contributed by atoms with van der Waals surface area (Å²) in [6.45, 7) is 3.68. The van der Waals surface area contributed by atoms with E-state index in [9.17, 15) is 9.90 Å². The van der Waals surface area contributed by atoms with Crippen molar-refractivity contribution in [2.75, 3.05) is 13.1 Å². The van der Waals surface area contributed by atoms with Crippen LogP contribution in [0.3, 0.4) is 0 Å². The zero-order valence-corrected chi connectivity index (χ0v) is 11.4. The molecule has 0 aromatic heterocycles. The SMILES string of the molecule is CC(O)CC1CCCCN1C1CCCCNC1=O. The lowest BCUT2D eigenvalue weighted by molar-refractivity contribution is -0.128. The minimum Gasteiger partial charge on any atom is -0.393 e. The second kappa shape index (κ2) is 6.53. The minimum atomic E-state index is -0.274. The van der Waals surface area contributed by atoms with E-state index >= 15 is 0 Å². The van der Waals surface area contributed by atoms with Crippen molar-refractivity contribution >= 4 is 5.91 Å². The van der Waals surface area contributed by atoms with Crippen LogP contribution in [0.15, 0.2) is 0 Å². The first-order valence-electron chi connectivity index (χ1n) is 7.40. The molecule has 2 N–H and O–H groups in total. The maximum absolute atomic E-state index is 12.1. The lowest BCUT2D eigenvalue weighted by Crippen LogP contribution is -2.53. The van der Waals surface area contributed by atoms with Gasteiger partial charge in [0.05, 0.1) is 12.1 Å². The van der Waals surface area contributed by atoms with E-state index in [0.717, 1.165) is 45.2 Å². The highest BCUT2D eigenvalue weighted by atomic mass is 16.3. The van der Waals surface area contributed by atoms with Crippen LogP contribution in [0.25, 0.3) is 0 Å². The number of hydrogen-bond donors (Lipinski definition) is 2. The summed E-state index contributed by atoms with van der Waals surface area (Å²) in [5.74, 6) is 0.199. The summed E-state index contributed by atoms with van der Waals surface area (Å²) in [4.78, 5) is 14.5. The number of hydrogen-bond acceptors (Lipinski definition) is 3. The third-order valence-corrected chi connectivity index (χ3v) is 4.19. The normalized spacial score (nSPS) is 32.7. The number of aliphatic hydroxyl groups excluding tert-OH is 1. The highest BCUT2D eigenvalue weighted by molar-refractivity contribution is 5.82. The van der Waals surface area contributed by atoms with Gasteiger partial charge in [0.15, 0.2) is 0 Å². The number of nitrogens with zero attached hydrogens (tertiary/aromatic N) is 1. The van der Waals surface area contributed by atoms with E-state index in [-0.39, 0.29) is 18.1 Å². The lowest BCUT2D eigenvalue weighted by atomic mass is 9.94. The maximum Gasteiger partial charge on any atom is 0.237 e. The summed E-state index contributed by atoms with van der Waals surface area (Å²) >= 11 is 0. The Morgan fingerprint density at radius 1 is 1.33 bits per heavy atom. The van der Waals surface area contributed by atoms with E-state index in [0.29, 0.717) is 6.04 Å². The smallest absolute Gasteiger partial charge is 0.237 e. The molecule has 2 aliphatic rings. The zero-order valence-electron chi connectivity index (χ0n) is 11.4. The summed E-state index contributed by atoms with van der Waals surface area (Å²) in [5, 5.41) is 12.6. The number of carbonyl (C=O) groups excluding carboxylic acids is 1. The second-order valence-corrected chi connectivity index (χ2v) is 5.77.